The van der Waals surface area contributed by atoms with Gasteiger partial charge in [-0.05, 0) is 37.3 Å². The highest BCUT2D eigenvalue weighted by Gasteiger charge is 2.67. The number of aromatic amines is 1. The van der Waals surface area contributed by atoms with E-state index < -0.39 is 0 Å². The van der Waals surface area contributed by atoms with Crippen LogP contribution in [0.2, 0.25) is 0 Å². The number of nitrogens with zero attached hydrogens (tertiary/aromatic N) is 7. The maximum Gasteiger partial charge on any atom is 0.177 e. The van der Waals surface area contributed by atoms with Gasteiger partial charge in [0.15, 0.2) is 5.65 Å². The van der Waals surface area contributed by atoms with Crippen LogP contribution in [-0.2, 0) is 5.41 Å². The second-order valence-corrected chi connectivity index (χ2v) is 9.68. The zero-order valence-corrected chi connectivity index (χ0v) is 19.6. The van der Waals surface area contributed by atoms with Crippen molar-refractivity contribution in [3.63, 3.8) is 0 Å². The second kappa shape index (κ2) is 7.57. The lowest BCUT2D eigenvalue weighted by Crippen LogP contribution is -2.32. The first-order valence-corrected chi connectivity index (χ1v) is 12.0. The van der Waals surface area contributed by atoms with Gasteiger partial charge in [0.25, 0.3) is 0 Å². The van der Waals surface area contributed by atoms with Crippen LogP contribution < -0.4 is 10.6 Å². The van der Waals surface area contributed by atoms with E-state index in [2.05, 4.69) is 31.3 Å². The number of piperidine rings is 1. The van der Waals surface area contributed by atoms with Crippen molar-refractivity contribution in [2.24, 2.45) is 17.6 Å². The number of anilines is 1. The predicted octanol–water partition coefficient (Wildman–Crippen LogP) is 3.09. The predicted molar refractivity (Wildman–Crippen MR) is 133 cm³/mol. The van der Waals surface area contributed by atoms with Gasteiger partial charge in [-0.15, -0.1) is 0 Å². The summed E-state index contributed by atoms with van der Waals surface area (Å²) in [5.41, 5.74) is 11.2. The summed E-state index contributed by atoms with van der Waals surface area (Å²) in [6.07, 6.45) is 4.53. The smallest absolute Gasteiger partial charge is 0.177 e. The first-order chi connectivity index (χ1) is 17.6. The van der Waals surface area contributed by atoms with Gasteiger partial charge in [-0.2, -0.15) is 10.4 Å². The number of hydrogen-bond donors (Lipinski definition) is 2. The quantitative estimate of drug-likeness (QED) is 0.398. The third-order valence-corrected chi connectivity index (χ3v) is 8.00. The van der Waals surface area contributed by atoms with Crippen LogP contribution in [0.4, 0.5) is 5.82 Å². The summed E-state index contributed by atoms with van der Waals surface area (Å²) in [7, 11) is 0. The second-order valence-electron chi connectivity index (χ2n) is 9.68. The maximum atomic E-state index is 9.46. The van der Waals surface area contributed by atoms with E-state index in [1.165, 1.54) is 0 Å². The summed E-state index contributed by atoms with van der Waals surface area (Å²) < 4.78 is 5.36. The van der Waals surface area contributed by atoms with Crippen molar-refractivity contribution in [2.45, 2.75) is 18.8 Å². The topological polar surface area (TPSA) is 146 Å². The molecule has 0 spiro atoms. The van der Waals surface area contributed by atoms with Crippen LogP contribution in [-0.4, -0.2) is 49.9 Å². The van der Waals surface area contributed by atoms with Gasteiger partial charge in [-0.1, -0.05) is 17.3 Å². The molecule has 0 bridgehead atoms. The van der Waals surface area contributed by atoms with Gasteiger partial charge >= 0.3 is 0 Å². The molecule has 178 valence electrons. The van der Waals surface area contributed by atoms with Gasteiger partial charge < -0.3 is 15.2 Å². The number of aromatic nitrogens is 6. The minimum Gasteiger partial charge on any atom is -0.361 e. The van der Waals surface area contributed by atoms with Crippen molar-refractivity contribution >= 4 is 27.9 Å². The highest BCUT2D eigenvalue weighted by molar-refractivity contribution is 6.02. The molecule has 3 N–H and O–H groups in total. The average molecular weight is 478 g/mol. The van der Waals surface area contributed by atoms with Crippen molar-refractivity contribution in [1.82, 2.24) is 30.3 Å². The number of fused-ring (bicyclic) bond motifs is 3. The van der Waals surface area contributed by atoms with Gasteiger partial charge in [0.2, 0.25) is 0 Å². The fourth-order valence-corrected chi connectivity index (χ4v) is 6.16. The van der Waals surface area contributed by atoms with Crippen molar-refractivity contribution in [3.8, 4) is 17.3 Å². The number of hydrogen-bond acceptors (Lipinski definition) is 9. The molecule has 7 rings (SSSR count). The van der Waals surface area contributed by atoms with E-state index in [-0.39, 0.29) is 5.41 Å². The molecule has 0 radical (unpaired) electrons. The molecular weight excluding hydrogens is 454 g/mol. The Morgan fingerprint density at radius 1 is 1.25 bits per heavy atom. The molecule has 1 saturated heterocycles. The Balaban J connectivity index is 1.21. The molecule has 5 heterocycles. The standard InChI is InChI=1S/C26H23N9O/c1-14-9-20(34-36-14)26(13-28)18-6-8-35(12-19(18)26)21-11-30-24-23(32-33-25(24)31-21)17-5-4-15(10-27)22-16(17)3-2-7-29-22/h2-5,7,9,11,18-19H,6,8,12-13,28H2,1H3,(H,31,32,33). The summed E-state index contributed by atoms with van der Waals surface area (Å²) in [5.74, 6) is 2.55. The Kier molecular flexibility index (Phi) is 4.41. The molecule has 10 heteroatoms. The lowest BCUT2D eigenvalue weighted by molar-refractivity contribution is 0.379. The van der Waals surface area contributed by atoms with E-state index in [1.54, 1.807) is 12.3 Å². The van der Waals surface area contributed by atoms with E-state index in [1.807, 2.05) is 37.4 Å². The highest BCUT2D eigenvalue weighted by atomic mass is 16.5. The molecule has 4 aromatic heterocycles. The molecule has 36 heavy (non-hydrogen) atoms. The summed E-state index contributed by atoms with van der Waals surface area (Å²) in [6.45, 7) is 4.21. The Morgan fingerprint density at radius 3 is 2.97 bits per heavy atom. The molecule has 2 fully saturated rings. The van der Waals surface area contributed by atoms with Crippen molar-refractivity contribution in [3.05, 3.63) is 59.7 Å². The SMILES string of the molecule is Cc1cc(C2(CN)C3CCN(c4cnc5c(-c6ccc(C#N)c7ncccc67)n[nH]c5n4)CC32)no1. The minimum absolute atomic E-state index is 0.115. The van der Waals surface area contributed by atoms with Crippen LogP contribution in [0, 0.1) is 30.1 Å². The summed E-state index contributed by atoms with van der Waals surface area (Å²) in [5, 5.41) is 22.2. The van der Waals surface area contributed by atoms with E-state index in [0.717, 1.165) is 47.7 Å². The normalized spacial score (nSPS) is 23.1. The van der Waals surface area contributed by atoms with E-state index in [9.17, 15) is 5.26 Å². The van der Waals surface area contributed by atoms with Crippen molar-refractivity contribution in [2.75, 3.05) is 24.5 Å². The molecule has 1 aromatic carbocycles. The summed E-state index contributed by atoms with van der Waals surface area (Å²) >= 11 is 0. The molecule has 10 nitrogen and oxygen atoms in total. The number of nitrogens with two attached hydrogens (primary N) is 1. The van der Waals surface area contributed by atoms with Crippen LogP contribution in [0.1, 0.15) is 23.4 Å². The molecule has 3 unspecified atom stereocenters. The number of pyridine rings is 1. The Labute approximate surface area is 206 Å². The monoisotopic (exact) mass is 477 g/mol. The molecule has 5 aromatic rings. The van der Waals surface area contributed by atoms with Gasteiger partial charge in [-0.25, -0.2) is 9.97 Å². The Hall–Kier alpha value is -4.36. The van der Waals surface area contributed by atoms with E-state index >= 15 is 0 Å². The first kappa shape index (κ1) is 21.0. The number of nitrogens with one attached hydrogen (secondary N) is 1. The number of nitriles is 1. The Bertz CT molecular complexity index is 1680. The third-order valence-electron chi connectivity index (χ3n) is 8.00. The average Bonchev–Trinajstić information content (AvgIpc) is 3.16. The van der Waals surface area contributed by atoms with Crippen LogP contribution in [0.5, 0.6) is 0 Å². The van der Waals surface area contributed by atoms with Crippen LogP contribution in [0.3, 0.4) is 0 Å². The zero-order chi connectivity index (χ0) is 24.4. The largest absolute Gasteiger partial charge is 0.361 e. The first-order valence-electron chi connectivity index (χ1n) is 12.0. The molecular formula is C26H23N9O. The van der Waals surface area contributed by atoms with Crippen LogP contribution >= 0.6 is 0 Å². The highest BCUT2D eigenvalue weighted by Crippen LogP contribution is 2.62. The number of rotatable bonds is 4. The van der Waals surface area contributed by atoms with Gasteiger partial charge in [0.05, 0.1) is 23.0 Å². The molecule has 1 aliphatic heterocycles. The number of benzene rings is 1. The molecule has 1 saturated carbocycles. The fraction of sp³-hybridized carbons (Fsp3) is 0.308. The zero-order valence-electron chi connectivity index (χ0n) is 19.6. The fourth-order valence-electron chi connectivity index (χ4n) is 6.16. The summed E-state index contributed by atoms with van der Waals surface area (Å²) in [4.78, 5) is 16.3. The van der Waals surface area contributed by atoms with Crippen molar-refractivity contribution < 1.29 is 4.52 Å². The third kappa shape index (κ3) is 2.83. The minimum atomic E-state index is -0.115. The van der Waals surface area contributed by atoms with Gasteiger partial charge in [0, 0.05) is 48.3 Å². The lowest BCUT2D eigenvalue weighted by atomic mass is 9.97. The van der Waals surface area contributed by atoms with E-state index in [0.29, 0.717) is 46.3 Å². The molecule has 3 atom stereocenters. The molecule has 2 aliphatic rings. The lowest BCUT2D eigenvalue weighted by Gasteiger charge is -2.26. The van der Waals surface area contributed by atoms with Gasteiger partial charge in [-0.3, -0.25) is 10.1 Å². The van der Waals surface area contributed by atoms with Crippen LogP contribution in [0.15, 0.2) is 47.2 Å². The Morgan fingerprint density at radius 2 is 2.17 bits per heavy atom. The van der Waals surface area contributed by atoms with Crippen molar-refractivity contribution in [1.29, 1.82) is 5.26 Å². The maximum absolute atomic E-state index is 9.46. The number of aryl methyl sites for hydroxylation is 1. The van der Waals surface area contributed by atoms with Crippen LogP contribution in [0.25, 0.3) is 33.3 Å². The van der Waals surface area contributed by atoms with E-state index in [4.69, 9.17) is 20.2 Å². The van der Waals surface area contributed by atoms with Gasteiger partial charge in [0.1, 0.15) is 28.9 Å². The molecule has 1 aliphatic carbocycles. The molecule has 0 amide bonds. The number of H-pyrrole nitrogens is 1. The summed E-state index contributed by atoms with van der Waals surface area (Å²) in [6, 6.07) is 11.7.